The van der Waals surface area contributed by atoms with E-state index in [2.05, 4.69) is 11.2 Å². The van der Waals surface area contributed by atoms with Crippen LogP contribution in [0.1, 0.15) is 23.2 Å². The summed E-state index contributed by atoms with van der Waals surface area (Å²) < 4.78 is 0. The summed E-state index contributed by atoms with van der Waals surface area (Å²) in [7, 11) is 0. The van der Waals surface area contributed by atoms with E-state index in [4.69, 9.17) is 23.1 Å². The molecule has 0 atom stereocenters. The number of carbonyl (C=O) groups excluding carboxylic acids is 1. The fourth-order valence-electron chi connectivity index (χ4n) is 1.89. The molecule has 0 bridgehead atoms. The summed E-state index contributed by atoms with van der Waals surface area (Å²) in [6, 6.07) is 3.77. The molecule has 0 spiro atoms. The quantitative estimate of drug-likeness (QED) is 0.822. The Morgan fingerprint density at radius 1 is 1.48 bits per heavy atom. The molecule has 5 nitrogen and oxygen atoms in total. The molecule has 1 saturated carbocycles. The van der Waals surface area contributed by atoms with E-state index in [1.165, 1.54) is 23.1 Å². The summed E-state index contributed by atoms with van der Waals surface area (Å²) in [5.41, 5.74) is 0.319. The summed E-state index contributed by atoms with van der Waals surface area (Å²) in [5.74, 6) is 1.87. The SMILES string of the molecule is C#CCN(CC1CC1)C(=O)Nc1cc(C(=O)O)ccc1Cl. The van der Waals surface area contributed by atoms with Gasteiger partial charge in [-0.05, 0) is 37.0 Å². The molecule has 2 rings (SSSR count). The van der Waals surface area contributed by atoms with Crippen LogP contribution in [0.4, 0.5) is 10.5 Å². The first-order valence-electron chi connectivity index (χ1n) is 6.53. The Labute approximate surface area is 127 Å². The van der Waals surface area contributed by atoms with Gasteiger partial charge in [0.05, 0.1) is 22.8 Å². The zero-order valence-corrected chi connectivity index (χ0v) is 12.1. The van der Waals surface area contributed by atoms with Gasteiger partial charge >= 0.3 is 12.0 Å². The molecule has 1 aliphatic rings. The number of anilines is 1. The number of nitrogens with one attached hydrogen (secondary N) is 1. The Hall–Kier alpha value is -2.19. The molecule has 0 saturated heterocycles. The third-order valence-corrected chi connectivity index (χ3v) is 3.53. The highest BCUT2D eigenvalue weighted by molar-refractivity contribution is 6.33. The first kappa shape index (κ1) is 15.2. The van der Waals surface area contributed by atoms with Crippen LogP contribution >= 0.6 is 11.6 Å². The summed E-state index contributed by atoms with van der Waals surface area (Å²) in [6.45, 7) is 0.810. The number of hydrogen-bond donors (Lipinski definition) is 2. The van der Waals surface area contributed by atoms with Crippen molar-refractivity contribution in [1.82, 2.24) is 4.90 Å². The third-order valence-electron chi connectivity index (χ3n) is 3.20. The minimum absolute atomic E-state index is 0.0559. The maximum atomic E-state index is 12.2. The second-order valence-electron chi connectivity index (χ2n) is 4.96. The van der Waals surface area contributed by atoms with E-state index in [0.29, 0.717) is 12.5 Å². The Morgan fingerprint density at radius 2 is 2.19 bits per heavy atom. The topological polar surface area (TPSA) is 69.6 Å². The molecular formula is C15H15ClN2O3. The third kappa shape index (κ3) is 4.14. The Balaban J connectivity index is 2.11. The maximum absolute atomic E-state index is 12.2. The monoisotopic (exact) mass is 306 g/mol. The molecule has 0 unspecified atom stereocenters. The van der Waals surface area contributed by atoms with E-state index in [-0.39, 0.29) is 28.8 Å². The first-order valence-corrected chi connectivity index (χ1v) is 6.91. The highest BCUT2D eigenvalue weighted by atomic mass is 35.5. The lowest BCUT2D eigenvalue weighted by atomic mass is 10.2. The van der Waals surface area contributed by atoms with Crippen LogP contribution in [0.2, 0.25) is 5.02 Å². The van der Waals surface area contributed by atoms with Gasteiger partial charge in [-0.2, -0.15) is 0 Å². The van der Waals surface area contributed by atoms with Crippen molar-refractivity contribution in [2.24, 2.45) is 5.92 Å². The van der Waals surface area contributed by atoms with Gasteiger partial charge < -0.3 is 15.3 Å². The molecule has 1 fully saturated rings. The number of urea groups is 1. The molecule has 0 aromatic heterocycles. The van der Waals surface area contributed by atoms with Crippen LogP contribution in [0, 0.1) is 18.3 Å². The summed E-state index contributed by atoms with van der Waals surface area (Å²) in [6.07, 6.45) is 7.48. The molecule has 0 heterocycles. The van der Waals surface area contributed by atoms with Crippen LogP contribution in [-0.2, 0) is 0 Å². The number of nitrogens with zero attached hydrogens (tertiary/aromatic N) is 1. The van der Waals surface area contributed by atoms with Crippen LogP contribution in [-0.4, -0.2) is 35.1 Å². The Kier molecular flexibility index (Phi) is 4.71. The van der Waals surface area contributed by atoms with Crippen molar-refractivity contribution >= 4 is 29.3 Å². The molecule has 2 N–H and O–H groups in total. The van der Waals surface area contributed by atoms with Crippen LogP contribution in [0.25, 0.3) is 0 Å². The van der Waals surface area contributed by atoms with Gasteiger partial charge in [-0.15, -0.1) is 6.42 Å². The fourth-order valence-corrected chi connectivity index (χ4v) is 2.05. The molecule has 1 aromatic rings. The number of terminal acetylenes is 1. The average Bonchev–Trinajstić information content (AvgIpc) is 3.24. The number of carbonyl (C=O) groups is 2. The van der Waals surface area contributed by atoms with Crippen molar-refractivity contribution in [2.75, 3.05) is 18.4 Å². The second kappa shape index (κ2) is 6.51. The molecular weight excluding hydrogens is 292 g/mol. The van der Waals surface area contributed by atoms with Crippen molar-refractivity contribution < 1.29 is 14.7 Å². The molecule has 1 aromatic carbocycles. The lowest BCUT2D eigenvalue weighted by Gasteiger charge is -2.21. The highest BCUT2D eigenvalue weighted by Crippen LogP contribution is 2.30. The van der Waals surface area contributed by atoms with Gasteiger partial charge in [0.25, 0.3) is 0 Å². The Bertz CT molecular complexity index is 605. The van der Waals surface area contributed by atoms with Crippen molar-refractivity contribution in [3.05, 3.63) is 28.8 Å². The van der Waals surface area contributed by atoms with Gasteiger partial charge in [-0.25, -0.2) is 9.59 Å². The zero-order valence-electron chi connectivity index (χ0n) is 11.3. The number of amides is 2. The predicted molar refractivity (Wildman–Crippen MR) is 80.6 cm³/mol. The van der Waals surface area contributed by atoms with Gasteiger partial charge in [-0.3, -0.25) is 0 Å². The minimum atomic E-state index is -1.08. The molecule has 21 heavy (non-hydrogen) atoms. The van der Waals surface area contributed by atoms with Gasteiger partial charge in [0, 0.05) is 6.54 Å². The van der Waals surface area contributed by atoms with Crippen molar-refractivity contribution in [3.63, 3.8) is 0 Å². The smallest absolute Gasteiger partial charge is 0.335 e. The van der Waals surface area contributed by atoms with E-state index in [9.17, 15) is 9.59 Å². The normalized spacial score (nSPS) is 13.3. The second-order valence-corrected chi connectivity index (χ2v) is 5.37. The molecule has 2 amide bonds. The zero-order chi connectivity index (χ0) is 15.4. The number of carboxylic acids is 1. The van der Waals surface area contributed by atoms with Crippen molar-refractivity contribution in [3.8, 4) is 12.3 Å². The first-order chi connectivity index (χ1) is 10.0. The lowest BCUT2D eigenvalue weighted by molar-refractivity contribution is 0.0697. The maximum Gasteiger partial charge on any atom is 0.335 e. The van der Waals surface area contributed by atoms with Crippen LogP contribution in [0.3, 0.4) is 0 Å². The van der Waals surface area contributed by atoms with Crippen molar-refractivity contribution in [1.29, 1.82) is 0 Å². The van der Waals surface area contributed by atoms with Gasteiger partial charge in [0.2, 0.25) is 0 Å². The molecule has 1 aliphatic carbocycles. The Morgan fingerprint density at radius 3 is 2.76 bits per heavy atom. The van der Waals surface area contributed by atoms with Crippen LogP contribution in [0.15, 0.2) is 18.2 Å². The van der Waals surface area contributed by atoms with Crippen LogP contribution < -0.4 is 5.32 Å². The highest BCUT2D eigenvalue weighted by Gasteiger charge is 2.26. The van der Waals surface area contributed by atoms with E-state index in [1.54, 1.807) is 0 Å². The number of hydrogen-bond acceptors (Lipinski definition) is 2. The molecule has 110 valence electrons. The molecule has 0 radical (unpaired) electrons. The number of benzene rings is 1. The fraction of sp³-hybridized carbons (Fsp3) is 0.333. The van der Waals surface area contributed by atoms with E-state index >= 15 is 0 Å². The van der Waals surface area contributed by atoms with Gasteiger partial charge in [-0.1, -0.05) is 17.5 Å². The van der Waals surface area contributed by atoms with Gasteiger partial charge in [0.15, 0.2) is 0 Å². The largest absolute Gasteiger partial charge is 0.478 e. The number of aromatic carboxylic acids is 1. The number of rotatable bonds is 5. The van der Waals surface area contributed by atoms with E-state index in [1.807, 2.05) is 0 Å². The minimum Gasteiger partial charge on any atom is -0.478 e. The summed E-state index contributed by atoms with van der Waals surface area (Å²) in [5, 5.41) is 11.9. The standard InChI is InChI=1S/C15H15ClN2O3/c1-2-7-18(9-10-3-4-10)15(21)17-13-8-11(14(19)20)5-6-12(13)16/h1,5-6,8,10H,3-4,7,9H2,(H,17,21)(H,19,20). The van der Waals surface area contributed by atoms with Crippen LogP contribution in [0.5, 0.6) is 0 Å². The van der Waals surface area contributed by atoms with E-state index < -0.39 is 5.97 Å². The molecule has 0 aliphatic heterocycles. The average molecular weight is 307 g/mol. The number of halogens is 1. The summed E-state index contributed by atoms with van der Waals surface area (Å²) >= 11 is 5.98. The number of carboxylic acid groups (broad SMARTS) is 1. The predicted octanol–water partition coefficient (Wildman–Crippen LogP) is 2.92. The van der Waals surface area contributed by atoms with Crippen molar-refractivity contribution in [2.45, 2.75) is 12.8 Å². The lowest BCUT2D eigenvalue weighted by Crippen LogP contribution is -2.36. The summed E-state index contributed by atoms with van der Waals surface area (Å²) in [4.78, 5) is 24.7. The molecule has 6 heteroatoms. The van der Waals surface area contributed by atoms with E-state index in [0.717, 1.165) is 12.8 Å². The van der Waals surface area contributed by atoms with Gasteiger partial charge in [0.1, 0.15) is 0 Å².